The molecule has 0 atom stereocenters. The van der Waals surface area contributed by atoms with Crippen molar-refractivity contribution in [2.24, 2.45) is 0 Å². The van der Waals surface area contributed by atoms with E-state index in [1.54, 1.807) is 48.5 Å². The maximum Gasteiger partial charge on any atom is 0.345 e. The van der Waals surface area contributed by atoms with E-state index in [0.717, 1.165) is 4.90 Å². The van der Waals surface area contributed by atoms with Crippen LogP contribution in [-0.4, -0.2) is 36.0 Å². The Morgan fingerprint density at radius 2 is 1.43 bits per heavy atom. The molecule has 3 rings (SSSR count). The first-order valence-corrected chi connectivity index (χ1v) is 6.95. The van der Waals surface area contributed by atoms with E-state index >= 15 is 0 Å². The van der Waals surface area contributed by atoms with E-state index in [0.29, 0.717) is 16.9 Å². The summed E-state index contributed by atoms with van der Waals surface area (Å²) in [5.74, 6) is -1.07. The first-order valence-electron chi connectivity index (χ1n) is 6.95. The van der Waals surface area contributed by atoms with Gasteiger partial charge < -0.3 is 9.47 Å². The molecule has 0 spiro atoms. The highest BCUT2D eigenvalue weighted by Gasteiger charge is 2.35. The first-order chi connectivity index (χ1) is 11.2. The van der Waals surface area contributed by atoms with Crippen molar-refractivity contribution < 1.29 is 23.9 Å². The van der Waals surface area contributed by atoms with Gasteiger partial charge >= 0.3 is 5.97 Å². The number of amides is 2. The second kappa shape index (κ2) is 6.31. The molecule has 1 aliphatic heterocycles. The fourth-order valence-corrected chi connectivity index (χ4v) is 2.19. The van der Waals surface area contributed by atoms with Gasteiger partial charge in [-0.2, -0.15) is 0 Å². The Kier molecular flexibility index (Phi) is 4.05. The van der Waals surface area contributed by atoms with Gasteiger partial charge in [0.2, 0.25) is 0 Å². The summed E-state index contributed by atoms with van der Waals surface area (Å²) in [7, 11) is 0. The molecule has 0 saturated carbocycles. The van der Waals surface area contributed by atoms with E-state index in [1.165, 1.54) is 0 Å². The van der Waals surface area contributed by atoms with E-state index in [1.807, 2.05) is 6.07 Å². The van der Waals surface area contributed by atoms with Gasteiger partial charge in [0.1, 0.15) is 5.75 Å². The van der Waals surface area contributed by atoms with E-state index < -0.39 is 24.5 Å². The van der Waals surface area contributed by atoms with Gasteiger partial charge in [0.05, 0.1) is 11.1 Å². The Hall–Kier alpha value is -3.15. The van der Waals surface area contributed by atoms with Gasteiger partial charge in [-0.15, -0.1) is 0 Å². The van der Waals surface area contributed by atoms with Crippen LogP contribution in [0.5, 0.6) is 5.75 Å². The van der Waals surface area contributed by atoms with Crippen LogP contribution >= 0.6 is 0 Å². The molecule has 6 heteroatoms. The van der Waals surface area contributed by atoms with Crippen LogP contribution < -0.4 is 4.74 Å². The highest BCUT2D eigenvalue weighted by atomic mass is 16.6. The normalized spacial score (nSPS) is 13.0. The molecule has 0 aromatic heterocycles. The molecule has 0 bridgehead atoms. The molecule has 0 saturated heterocycles. The van der Waals surface area contributed by atoms with Gasteiger partial charge in [0.25, 0.3) is 11.8 Å². The van der Waals surface area contributed by atoms with Crippen LogP contribution in [0.1, 0.15) is 20.7 Å². The van der Waals surface area contributed by atoms with Crippen molar-refractivity contribution >= 4 is 17.8 Å². The monoisotopic (exact) mass is 311 g/mol. The van der Waals surface area contributed by atoms with Gasteiger partial charge in [0, 0.05) is 0 Å². The zero-order valence-electron chi connectivity index (χ0n) is 12.1. The highest BCUT2D eigenvalue weighted by molar-refractivity contribution is 6.21. The summed E-state index contributed by atoms with van der Waals surface area (Å²) in [4.78, 5) is 36.7. The fraction of sp³-hybridized carbons (Fsp3) is 0.118. The number of hydrogen-bond acceptors (Lipinski definition) is 5. The molecule has 1 aliphatic rings. The van der Waals surface area contributed by atoms with Gasteiger partial charge in [0.15, 0.2) is 13.3 Å². The van der Waals surface area contributed by atoms with E-state index in [-0.39, 0.29) is 6.61 Å². The minimum Gasteiger partial charge on any atom is -0.482 e. The van der Waals surface area contributed by atoms with Crippen molar-refractivity contribution in [2.75, 3.05) is 13.3 Å². The Morgan fingerprint density at radius 3 is 2.04 bits per heavy atom. The summed E-state index contributed by atoms with van der Waals surface area (Å²) in [6.07, 6.45) is 0. The fourth-order valence-electron chi connectivity index (χ4n) is 2.19. The van der Waals surface area contributed by atoms with Crippen LogP contribution in [0.3, 0.4) is 0 Å². The number of esters is 1. The number of carbonyl (C=O) groups excluding carboxylic acids is 3. The van der Waals surface area contributed by atoms with Gasteiger partial charge in [-0.05, 0) is 24.3 Å². The van der Waals surface area contributed by atoms with Gasteiger partial charge in [-0.3, -0.25) is 9.59 Å². The summed E-state index contributed by atoms with van der Waals surface area (Å²) in [6.45, 7) is -0.726. The molecule has 0 radical (unpaired) electrons. The molecule has 1 heterocycles. The number of imide groups is 1. The largest absolute Gasteiger partial charge is 0.482 e. The summed E-state index contributed by atoms with van der Waals surface area (Å²) < 4.78 is 10.2. The third kappa shape index (κ3) is 3.06. The Balaban J connectivity index is 1.54. The number of benzene rings is 2. The van der Waals surface area contributed by atoms with Crippen LogP contribution in [0.15, 0.2) is 54.6 Å². The maximum absolute atomic E-state index is 12.1. The van der Waals surface area contributed by atoms with Crippen molar-refractivity contribution in [3.63, 3.8) is 0 Å². The van der Waals surface area contributed by atoms with E-state index in [9.17, 15) is 14.4 Å². The second-order valence-electron chi connectivity index (χ2n) is 4.83. The van der Waals surface area contributed by atoms with Crippen molar-refractivity contribution in [3.8, 4) is 5.75 Å². The summed E-state index contributed by atoms with van der Waals surface area (Å²) >= 11 is 0. The number of fused-ring (bicyclic) bond motifs is 1. The smallest absolute Gasteiger partial charge is 0.345 e. The molecule has 23 heavy (non-hydrogen) atoms. The number of rotatable bonds is 5. The van der Waals surface area contributed by atoms with E-state index in [4.69, 9.17) is 9.47 Å². The molecule has 116 valence electrons. The van der Waals surface area contributed by atoms with Crippen molar-refractivity contribution in [1.82, 2.24) is 4.90 Å². The molecule has 2 amide bonds. The molecule has 0 N–H and O–H groups in total. The lowest BCUT2D eigenvalue weighted by Crippen LogP contribution is -2.34. The second-order valence-corrected chi connectivity index (χ2v) is 4.83. The quantitative estimate of drug-likeness (QED) is 0.622. The Labute approximate surface area is 132 Å². The predicted octanol–water partition coefficient (Wildman–Crippen LogP) is 1.86. The number of carbonyl (C=O) groups is 3. The van der Waals surface area contributed by atoms with Crippen molar-refractivity contribution in [3.05, 3.63) is 65.7 Å². The standard InChI is InChI=1S/C17H13NO5/c19-15(10-22-12-6-2-1-3-7-12)23-11-18-16(20)13-8-4-5-9-14(13)17(18)21/h1-9H,10-11H2. The lowest BCUT2D eigenvalue weighted by Gasteiger charge is -2.14. The number of nitrogens with zero attached hydrogens (tertiary/aromatic N) is 1. The lowest BCUT2D eigenvalue weighted by atomic mass is 10.1. The lowest BCUT2D eigenvalue weighted by molar-refractivity contribution is -0.148. The van der Waals surface area contributed by atoms with Crippen LogP contribution in [0.4, 0.5) is 0 Å². The minimum atomic E-state index is -0.662. The molecule has 0 aliphatic carbocycles. The zero-order valence-corrected chi connectivity index (χ0v) is 12.1. The summed E-state index contributed by atoms with van der Waals surface area (Å²) in [5.41, 5.74) is 0.628. The van der Waals surface area contributed by atoms with Crippen LogP contribution in [0, 0.1) is 0 Å². The third-order valence-corrected chi connectivity index (χ3v) is 3.33. The van der Waals surface area contributed by atoms with Crippen molar-refractivity contribution in [2.45, 2.75) is 0 Å². The average molecular weight is 311 g/mol. The SMILES string of the molecule is O=C(COc1ccccc1)OCN1C(=O)c2ccccc2C1=O. The summed E-state index contributed by atoms with van der Waals surface area (Å²) in [6, 6.07) is 15.3. The maximum atomic E-state index is 12.1. The van der Waals surface area contributed by atoms with Crippen molar-refractivity contribution in [1.29, 1.82) is 0 Å². The van der Waals surface area contributed by atoms with Crippen LogP contribution in [-0.2, 0) is 9.53 Å². The highest BCUT2D eigenvalue weighted by Crippen LogP contribution is 2.22. The van der Waals surface area contributed by atoms with E-state index in [2.05, 4.69) is 0 Å². The Bertz CT molecular complexity index is 722. The molecular weight excluding hydrogens is 298 g/mol. The van der Waals surface area contributed by atoms with Gasteiger partial charge in [-0.1, -0.05) is 30.3 Å². The summed E-state index contributed by atoms with van der Waals surface area (Å²) in [5, 5.41) is 0. The molecule has 2 aromatic rings. The van der Waals surface area contributed by atoms with Gasteiger partial charge in [-0.25, -0.2) is 9.69 Å². The minimum absolute atomic E-state index is 0.298. The van der Waals surface area contributed by atoms with Crippen LogP contribution in [0.2, 0.25) is 0 Å². The Morgan fingerprint density at radius 1 is 0.870 bits per heavy atom. The topological polar surface area (TPSA) is 72.9 Å². The predicted molar refractivity (Wildman–Crippen MR) is 79.8 cm³/mol. The number of hydrogen-bond donors (Lipinski definition) is 0. The molecule has 0 unspecified atom stereocenters. The van der Waals surface area contributed by atoms with Crippen LogP contribution in [0.25, 0.3) is 0 Å². The third-order valence-electron chi connectivity index (χ3n) is 3.33. The number of para-hydroxylation sites is 1. The molecule has 0 fully saturated rings. The molecular formula is C17H13NO5. The zero-order chi connectivity index (χ0) is 16.2. The molecule has 6 nitrogen and oxygen atoms in total. The number of ether oxygens (including phenoxy) is 2. The first kappa shape index (κ1) is 14.8. The molecule has 2 aromatic carbocycles. The average Bonchev–Trinajstić information content (AvgIpc) is 2.83.